The molecule has 5 nitrogen and oxygen atoms in total. The Morgan fingerprint density at radius 1 is 0.826 bits per heavy atom. The minimum absolute atomic E-state index is 0.394. The highest BCUT2D eigenvalue weighted by Crippen LogP contribution is 2.33. The number of rotatable bonds is 4. The SMILES string of the molecule is COc1ccc2c(=O)oc(-c3ccc(OC)c(OC)c3)cc2c1. The van der Waals surface area contributed by atoms with E-state index in [-0.39, 0.29) is 0 Å². The van der Waals surface area contributed by atoms with E-state index >= 15 is 0 Å². The molecule has 0 fully saturated rings. The van der Waals surface area contributed by atoms with Crippen LogP contribution in [0.4, 0.5) is 0 Å². The van der Waals surface area contributed by atoms with Gasteiger partial charge in [-0.1, -0.05) is 0 Å². The molecule has 0 bridgehead atoms. The smallest absolute Gasteiger partial charge is 0.344 e. The van der Waals surface area contributed by atoms with Gasteiger partial charge in [0.15, 0.2) is 11.5 Å². The van der Waals surface area contributed by atoms with E-state index in [9.17, 15) is 4.79 Å². The van der Waals surface area contributed by atoms with Gasteiger partial charge in [-0.15, -0.1) is 0 Å². The van der Waals surface area contributed by atoms with E-state index in [0.717, 1.165) is 10.9 Å². The Balaban J connectivity index is 2.18. The van der Waals surface area contributed by atoms with E-state index in [1.165, 1.54) is 0 Å². The maximum absolute atomic E-state index is 12.2. The van der Waals surface area contributed by atoms with Gasteiger partial charge in [0.25, 0.3) is 0 Å². The number of benzene rings is 2. The number of fused-ring (bicyclic) bond motifs is 1. The molecule has 0 spiro atoms. The zero-order valence-corrected chi connectivity index (χ0v) is 13.1. The van der Waals surface area contributed by atoms with Crippen molar-refractivity contribution >= 4 is 10.8 Å². The van der Waals surface area contributed by atoms with Crippen LogP contribution in [-0.2, 0) is 0 Å². The molecule has 5 heteroatoms. The van der Waals surface area contributed by atoms with Crippen LogP contribution in [0, 0.1) is 0 Å². The number of methoxy groups -OCH3 is 3. The van der Waals surface area contributed by atoms with E-state index in [0.29, 0.717) is 28.4 Å². The Morgan fingerprint density at radius 2 is 1.61 bits per heavy atom. The van der Waals surface area contributed by atoms with Crippen molar-refractivity contribution in [1.29, 1.82) is 0 Å². The fraction of sp³-hybridized carbons (Fsp3) is 0.167. The van der Waals surface area contributed by atoms with Crippen molar-refractivity contribution in [3.8, 4) is 28.6 Å². The predicted octanol–water partition coefficient (Wildman–Crippen LogP) is 3.49. The van der Waals surface area contributed by atoms with Gasteiger partial charge >= 0.3 is 5.63 Å². The minimum Gasteiger partial charge on any atom is -0.497 e. The molecule has 2 aromatic carbocycles. The lowest BCUT2D eigenvalue weighted by atomic mass is 10.1. The van der Waals surface area contributed by atoms with E-state index in [4.69, 9.17) is 18.6 Å². The van der Waals surface area contributed by atoms with Crippen molar-refractivity contribution in [2.45, 2.75) is 0 Å². The molecule has 1 heterocycles. The fourth-order valence-corrected chi connectivity index (χ4v) is 2.43. The van der Waals surface area contributed by atoms with Crippen molar-refractivity contribution < 1.29 is 18.6 Å². The first-order valence-corrected chi connectivity index (χ1v) is 7.00. The molecular weight excluding hydrogens is 296 g/mol. The predicted molar refractivity (Wildman–Crippen MR) is 87.6 cm³/mol. The molecule has 0 aliphatic heterocycles. The Hall–Kier alpha value is -2.95. The van der Waals surface area contributed by atoms with Gasteiger partial charge in [0.2, 0.25) is 0 Å². The van der Waals surface area contributed by atoms with Crippen LogP contribution in [0.5, 0.6) is 17.2 Å². The number of hydrogen-bond acceptors (Lipinski definition) is 5. The molecule has 118 valence electrons. The highest BCUT2D eigenvalue weighted by atomic mass is 16.5. The molecule has 0 amide bonds. The average Bonchev–Trinajstić information content (AvgIpc) is 2.60. The lowest BCUT2D eigenvalue weighted by Gasteiger charge is -2.09. The van der Waals surface area contributed by atoms with Crippen LogP contribution in [0.15, 0.2) is 51.7 Å². The Labute approximate surface area is 133 Å². The normalized spacial score (nSPS) is 10.6. The number of ether oxygens (including phenoxy) is 3. The highest BCUT2D eigenvalue weighted by molar-refractivity contribution is 5.85. The van der Waals surface area contributed by atoms with Crippen LogP contribution in [0.2, 0.25) is 0 Å². The van der Waals surface area contributed by atoms with Crippen LogP contribution in [-0.4, -0.2) is 21.3 Å². The standard InChI is InChI=1S/C18H16O5/c1-20-13-5-6-14-12(8-13)10-16(23-18(14)19)11-4-7-15(21-2)17(9-11)22-3/h4-10H,1-3H3. The molecule has 3 rings (SSSR count). The molecule has 3 aromatic rings. The quantitative estimate of drug-likeness (QED) is 0.738. The molecule has 0 N–H and O–H groups in total. The van der Waals surface area contributed by atoms with Crippen LogP contribution >= 0.6 is 0 Å². The second-order valence-corrected chi connectivity index (χ2v) is 4.92. The van der Waals surface area contributed by atoms with Crippen molar-refractivity contribution in [2.75, 3.05) is 21.3 Å². The summed E-state index contributed by atoms with van der Waals surface area (Å²) < 4.78 is 21.1. The average molecular weight is 312 g/mol. The molecule has 0 radical (unpaired) electrons. The maximum atomic E-state index is 12.2. The molecule has 0 aliphatic carbocycles. The fourth-order valence-electron chi connectivity index (χ4n) is 2.43. The van der Waals surface area contributed by atoms with Gasteiger partial charge in [-0.05, 0) is 47.9 Å². The molecule has 1 aromatic heterocycles. The summed E-state index contributed by atoms with van der Waals surface area (Å²) in [5.41, 5.74) is 0.333. The molecule has 0 unspecified atom stereocenters. The summed E-state index contributed by atoms with van der Waals surface area (Å²) >= 11 is 0. The van der Waals surface area contributed by atoms with E-state index in [1.54, 1.807) is 57.7 Å². The van der Waals surface area contributed by atoms with Crippen molar-refractivity contribution in [3.63, 3.8) is 0 Å². The molecule has 0 saturated carbocycles. The Morgan fingerprint density at radius 3 is 2.30 bits per heavy atom. The largest absolute Gasteiger partial charge is 0.497 e. The summed E-state index contributed by atoms with van der Waals surface area (Å²) in [5.74, 6) is 2.32. The highest BCUT2D eigenvalue weighted by Gasteiger charge is 2.11. The molecule has 23 heavy (non-hydrogen) atoms. The molecule has 0 saturated heterocycles. The Kier molecular flexibility index (Phi) is 3.93. The third-order valence-corrected chi connectivity index (χ3v) is 3.64. The van der Waals surface area contributed by atoms with Crippen LogP contribution in [0.1, 0.15) is 0 Å². The van der Waals surface area contributed by atoms with Crippen LogP contribution in [0.25, 0.3) is 22.1 Å². The second-order valence-electron chi connectivity index (χ2n) is 4.92. The monoisotopic (exact) mass is 312 g/mol. The van der Waals surface area contributed by atoms with E-state index in [2.05, 4.69) is 0 Å². The van der Waals surface area contributed by atoms with Crippen LogP contribution < -0.4 is 19.8 Å². The first-order chi connectivity index (χ1) is 11.2. The van der Waals surface area contributed by atoms with Crippen LogP contribution in [0.3, 0.4) is 0 Å². The van der Waals surface area contributed by atoms with E-state index in [1.807, 2.05) is 6.07 Å². The van der Waals surface area contributed by atoms with Crippen molar-refractivity contribution in [2.24, 2.45) is 0 Å². The van der Waals surface area contributed by atoms with E-state index < -0.39 is 5.63 Å². The first kappa shape index (κ1) is 15.0. The van der Waals surface area contributed by atoms with Gasteiger partial charge in [-0.3, -0.25) is 0 Å². The molecule has 0 aliphatic rings. The van der Waals surface area contributed by atoms with Gasteiger partial charge in [-0.2, -0.15) is 0 Å². The topological polar surface area (TPSA) is 57.9 Å². The van der Waals surface area contributed by atoms with Gasteiger partial charge in [0.1, 0.15) is 11.5 Å². The van der Waals surface area contributed by atoms with Gasteiger partial charge < -0.3 is 18.6 Å². The zero-order valence-electron chi connectivity index (χ0n) is 13.1. The summed E-state index contributed by atoms with van der Waals surface area (Å²) in [6.07, 6.45) is 0. The molecular formula is C18H16O5. The van der Waals surface area contributed by atoms with Gasteiger partial charge in [0.05, 0.1) is 26.7 Å². The lowest BCUT2D eigenvalue weighted by molar-refractivity contribution is 0.355. The summed E-state index contributed by atoms with van der Waals surface area (Å²) in [6, 6.07) is 12.4. The maximum Gasteiger partial charge on any atom is 0.344 e. The summed E-state index contributed by atoms with van der Waals surface area (Å²) in [6.45, 7) is 0. The summed E-state index contributed by atoms with van der Waals surface area (Å²) in [5, 5.41) is 1.26. The number of hydrogen-bond donors (Lipinski definition) is 0. The van der Waals surface area contributed by atoms with Crippen molar-refractivity contribution in [1.82, 2.24) is 0 Å². The first-order valence-electron chi connectivity index (χ1n) is 7.00. The van der Waals surface area contributed by atoms with Crippen molar-refractivity contribution in [3.05, 3.63) is 52.9 Å². The Bertz CT molecular complexity index is 911. The third kappa shape index (κ3) is 2.73. The second kappa shape index (κ2) is 6.04. The van der Waals surface area contributed by atoms with Gasteiger partial charge in [-0.25, -0.2) is 4.79 Å². The summed E-state index contributed by atoms with van der Waals surface area (Å²) in [4.78, 5) is 12.2. The minimum atomic E-state index is -0.394. The van der Waals surface area contributed by atoms with Gasteiger partial charge in [0, 0.05) is 5.56 Å². The third-order valence-electron chi connectivity index (χ3n) is 3.64. The zero-order chi connectivity index (χ0) is 16.4. The lowest BCUT2D eigenvalue weighted by Crippen LogP contribution is -2.00. The summed E-state index contributed by atoms with van der Waals surface area (Å²) in [7, 11) is 4.71. The molecule has 0 atom stereocenters.